The van der Waals surface area contributed by atoms with Gasteiger partial charge in [0.05, 0.1) is 0 Å². The number of hydrogen-bond acceptors (Lipinski definition) is 5. The smallest absolute Gasteiger partial charge is 0.268 e. The summed E-state index contributed by atoms with van der Waals surface area (Å²) >= 11 is 0. The Morgan fingerprint density at radius 2 is 1.81 bits per heavy atom. The minimum absolute atomic E-state index is 0.0396. The van der Waals surface area contributed by atoms with Crippen molar-refractivity contribution in [1.82, 2.24) is 4.98 Å². The van der Waals surface area contributed by atoms with Crippen LogP contribution in [0.2, 0.25) is 0 Å². The largest absolute Gasteiger partial charge is 0.488 e. The Morgan fingerprint density at radius 1 is 1.07 bits per heavy atom. The van der Waals surface area contributed by atoms with Crippen LogP contribution in [-0.2, 0) is 6.61 Å². The van der Waals surface area contributed by atoms with E-state index in [1.807, 2.05) is 43.3 Å². The average molecular weight is 356 g/mol. The minimum atomic E-state index is -0.641. The van der Waals surface area contributed by atoms with E-state index in [1.165, 1.54) is 0 Å². The maximum atomic E-state index is 12.2. The minimum Gasteiger partial charge on any atom is -0.488 e. The van der Waals surface area contributed by atoms with Crippen LogP contribution in [0.15, 0.2) is 53.3 Å². The van der Waals surface area contributed by atoms with Crippen LogP contribution >= 0.6 is 0 Å². The van der Waals surface area contributed by atoms with Gasteiger partial charge in [-0.3, -0.25) is 4.79 Å². The van der Waals surface area contributed by atoms with Crippen molar-refractivity contribution in [2.45, 2.75) is 13.5 Å². The Labute approximate surface area is 156 Å². The van der Waals surface area contributed by atoms with Gasteiger partial charge in [-0.25, -0.2) is 0 Å². The number of para-hydroxylation sites is 1. The van der Waals surface area contributed by atoms with Crippen LogP contribution in [0.5, 0.6) is 5.75 Å². The average Bonchev–Trinajstić information content (AvgIpc) is 2.66. The zero-order valence-electron chi connectivity index (χ0n) is 14.6. The maximum absolute atomic E-state index is 12.2. The van der Waals surface area contributed by atoms with Gasteiger partial charge in [-0.15, -0.1) is 0 Å². The normalized spacial score (nSPS) is 10.0. The van der Waals surface area contributed by atoms with Gasteiger partial charge in [0.25, 0.3) is 5.56 Å². The first-order chi connectivity index (χ1) is 13.0. The van der Waals surface area contributed by atoms with Gasteiger partial charge in [-0.05, 0) is 18.6 Å². The third-order valence-electron chi connectivity index (χ3n) is 4.10. The lowest BCUT2D eigenvalue weighted by Gasteiger charge is -2.14. The van der Waals surface area contributed by atoms with Crippen molar-refractivity contribution in [3.8, 4) is 29.0 Å². The Kier molecular flexibility index (Phi) is 4.92. The lowest BCUT2D eigenvalue weighted by molar-refractivity contribution is 0.307. The molecule has 3 aromatic rings. The van der Waals surface area contributed by atoms with E-state index in [2.05, 4.69) is 4.98 Å². The lowest BCUT2D eigenvalue weighted by atomic mass is 9.96. The molecule has 6 heteroatoms. The van der Waals surface area contributed by atoms with E-state index >= 15 is 0 Å². The summed E-state index contributed by atoms with van der Waals surface area (Å²) in [5.74, 6) is 0.377. The van der Waals surface area contributed by atoms with E-state index in [4.69, 9.17) is 10.5 Å². The van der Waals surface area contributed by atoms with Gasteiger partial charge in [-0.1, -0.05) is 48.0 Å². The molecule has 6 nitrogen and oxygen atoms in total. The number of aryl methyl sites for hydroxylation is 1. The molecule has 3 rings (SSSR count). The quantitative estimate of drug-likeness (QED) is 0.744. The zero-order chi connectivity index (χ0) is 19.4. The van der Waals surface area contributed by atoms with Gasteiger partial charge < -0.3 is 15.5 Å². The van der Waals surface area contributed by atoms with Gasteiger partial charge in [-0.2, -0.15) is 10.5 Å². The Hall–Kier alpha value is -4.03. The monoisotopic (exact) mass is 356 g/mol. The second-order valence-electron chi connectivity index (χ2n) is 5.99. The molecule has 0 aliphatic rings. The third kappa shape index (κ3) is 3.51. The Morgan fingerprint density at radius 3 is 2.52 bits per heavy atom. The number of nitrogen functional groups attached to an aromatic ring is 1. The molecule has 27 heavy (non-hydrogen) atoms. The first kappa shape index (κ1) is 17.8. The van der Waals surface area contributed by atoms with Crippen LogP contribution in [0.25, 0.3) is 11.1 Å². The Balaban J connectivity index is 2.11. The molecule has 0 spiro atoms. The lowest BCUT2D eigenvalue weighted by Crippen LogP contribution is -2.16. The molecule has 2 aromatic carbocycles. The summed E-state index contributed by atoms with van der Waals surface area (Å²) in [4.78, 5) is 14.5. The number of nitrogens with one attached hydrogen (secondary N) is 1. The highest BCUT2D eigenvalue weighted by Gasteiger charge is 2.20. The Bertz CT molecular complexity index is 1150. The molecule has 132 valence electrons. The molecule has 0 saturated heterocycles. The molecule has 0 amide bonds. The van der Waals surface area contributed by atoms with E-state index in [0.717, 1.165) is 11.1 Å². The number of ether oxygens (including phenoxy) is 1. The summed E-state index contributed by atoms with van der Waals surface area (Å²) in [6.07, 6.45) is 0. The molecule has 0 bridgehead atoms. The van der Waals surface area contributed by atoms with Crippen LogP contribution in [0.1, 0.15) is 22.3 Å². The highest BCUT2D eigenvalue weighted by Crippen LogP contribution is 2.35. The van der Waals surface area contributed by atoms with Gasteiger partial charge in [0.1, 0.15) is 41.4 Å². The molecule has 0 radical (unpaired) electrons. The molecule has 3 N–H and O–H groups in total. The van der Waals surface area contributed by atoms with E-state index in [1.54, 1.807) is 24.3 Å². The van der Waals surface area contributed by atoms with E-state index < -0.39 is 5.56 Å². The van der Waals surface area contributed by atoms with Crippen LogP contribution < -0.4 is 16.0 Å². The van der Waals surface area contributed by atoms with Crippen molar-refractivity contribution in [2.24, 2.45) is 0 Å². The van der Waals surface area contributed by atoms with Gasteiger partial charge in [0.15, 0.2) is 0 Å². The van der Waals surface area contributed by atoms with Gasteiger partial charge in [0, 0.05) is 11.1 Å². The number of nitrogens with zero attached hydrogens (tertiary/aromatic N) is 2. The summed E-state index contributed by atoms with van der Waals surface area (Å²) in [6.45, 7) is 2.30. The standard InChI is InChI=1S/C21H16N4O2/c1-13-5-4-6-14(9-13)12-27-18-8-3-2-7-15(18)19-16(10-22)20(24)25-21(26)17(19)11-23/h2-9H,12H2,1H3,(H3,24,25,26). The molecule has 1 heterocycles. The number of nitrogens with two attached hydrogens (primary N) is 1. The van der Waals surface area contributed by atoms with Crippen LogP contribution in [0.4, 0.5) is 5.82 Å². The fraction of sp³-hybridized carbons (Fsp3) is 0.0952. The molecular formula is C21H16N4O2. The molecule has 0 aliphatic heterocycles. The number of aromatic nitrogens is 1. The van der Waals surface area contributed by atoms with Crippen molar-refractivity contribution in [2.75, 3.05) is 5.73 Å². The van der Waals surface area contributed by atoms with Crippen molar-refractivity contribution in [1.29, 1.82) is 10.5 Å². The molecular weight excluding hydrogens is 340 g/mol. The highest BCUT2D eigenvalue weighted by atomic mass is 16.5. The second-order valence-corrected chi connectivity index (χ2v) is 5.99. The number of hydrogen-bond donors (Lipinski definition) is 2. The van der Waals surface area contributed by atoms with Gasteiger partial charge in [0.2, 0.25) is 0 Å². The fourth-order valence-electron chi connectivity index (χ4n) is 2.87. The van der Waals surface area contributed by atoms with E-state index in [0.29, 0.717) is 17.9 Å². The maximum Gasteiger partial charge on any atom is 0.268 e. The SMILES string of the molecule is Cc1cccc(COc2ccccc2-c2c(C#N)c(N)[nH]c(=O)c2C#N)c1. The van der Waals surface area contributed by atoms with Gasteiger partial charge >= 0.3 is 0 Å². The van der Waals surface area contributed by atoms with E-state index in [9.17, 15) is 15.3 Å². The highest BCUT2D eigenvalue weighted by molar-refractivity contribution is 5.83. The summed E-state index contributed by atoms with van der Waals surface area (Å²) in [7, 11) is 0. The van der Waals surface area contributed by atoms with E-state index in [-0.39, 0.29) is 22.5 Å². The fourth-order valence-corrected chi connectivity index (χ4v) is 2.87. The van der Waals surface area contributed by atoms with Crippen molar-refractivity contribution < 1.29 is 4.74 Å². The molecule has 0 atom stereocenters. The van der Waals surface area contributed by atoms with Crippen LogP contribution in [0.3, 0.4) is 0 Å². The summed E-state index contributed by atoms with van der Waals surface area (Å²) in [5.41, 5.74) is 7.77. The van der Waals surface area contributed by atoms with Crippen LogP contribution in [-0.4, -0.2) is 4.98 Å². The van der Waals surface area contributed by atoms with Crippen LogP contribution in [0, 0.1) is 29.6 Å². The summed E-state index contributed by atoms with van der Waals surface area (Å²) < 4.78 is 5.94. The number of rotatable bonds is 4. The number of anilines is 1. The van der Waals surface area contributed by atoms with Crippen molar-refractivity contribution in [3.05, 3.63) is 81.1 Å². The number of pyridine rings is 1. The number of aromatic amines is 1. The first-order valence-electron chi connectivity index (χ1n) is 8.19. The number of benzene rings is 2. The molecule has 0 fully saturated rings. The van der Waals surface area contributed by atoms with Crippen molar-refractivity contribution >= 4 is 5.82 Å². The summed E-state index contributed by atoms with van der Waals surface area (Å²) in [6, 6.07) is 18.7. The first-order valence-corrected chi connectivity index (χ1v) is 8.19. The van der Waals surface area contributed by atoms with Crippen molar-refractivity contribution in [3.63, 3.8) is 0 Å². The topological polar surface area (TPSA) is 116 Å². The molecule has 0 unspecified atom stereocenters. The zero-order valence-corrected chi connectivity index (χ0v) is 14.6. The predicted molar refractivity (Wildman–Crippen MR) is 102 cm³/mol. The summed E-state index contributed by atoms with van der Waals surface area (Å²) in [5, 5.41) is 18.9. The second kappa shape index (κ2) is 7.47. The number of nitriles is 2. The predicted octanol–water partition coefficient (Wildman–Crippen LogP) is 3.25. The number of H-pyrrole nitrogens is 1. The third-order valence-corrected chi connectivity index (χ3v) is 4.10. The molecule has 0 aliphatic carbocycles. The molecule has 1 aromatic heterocycles. The molecule has 0 saturated carbocycles.